The minimum atomic E-state index is -3.61. The van der Waals surface area contributed by atoms with E-state index in [1.165, 1.54) is 17.1 Å². The van der Waals surface area contributed by atoms with Crippen LogP contribution in [0.2, 0.25) is 0 Å². The van der Waals surface area contributed by atoms with E-state index in [0.29, 0.717) is 35.9 Å². The lowest BCUT2D eigenvalue weighted by molar-refractivity contribution is -0.0440. The third-order valence-electron chi connectivity index (χ3n) is 5.94. The van der Waals surface area contributed by atoms with Crippen molar-refractivity contribution in [3.63, 3.8) is 0 Å². The van der Waals surface area contributed by atoms with E-state index in [0.717, 1.165) is 12.1 Å². The molecule has 2 unspecified atom stereocenters. The number of aromatic nitrogens is 3. The molecule has 1 aromatic carbocycles. The van der Waals surface area contributed by atoms with Gasteiger partial charge in [0, 0.05) is 31.5 Å². The van der Waals surface area contributed by atoms with Crippen LogP contribution in [-0.4, -0.2) is 52.8 Å². The number of sulfonamides is 1. The van der Waals surface area contributed by atoms with Gasteiger partial charge in [0.05, 0.1) is 22.6 Å². The molecule has 1 saturated heterocycles. The number of rotatable bonds is 6. The molecule has 2 aromatic heterocycles. The van der Waals surface area contributed by atoms with Crippen LogP contribution in [0.25, 0.3) is 10.9 Å². The fourth-order valence-electron chi connectivity index (χ4n) is 4.23. The molecule has 2 N–H and O–H groups in total. The van der Waals surface area contributed by atoms with Gasteiger partial charge < -0.3 is 15.0 Å². The van der Waals surface area contributed by atoms with Crippen LogP contribution in [0.5, 0.6) is 0 Å². The third-order valence-corrected chi connectivity index (χ3v) is 7.79. The van der Waals surface area contributed by atoms with Gasteiger partial charge in [-0.05, 0) is 62.9 Å². The van der Waals surface area contributed by atoms with Crippen LogP contribution >= 0.6 is 0 Å². The summed E-state index contributed by atoms with van der Waals surface area (Å²) < 4.78 is 35.1. The molecular formula is C22H27N5O4S. The van der Waals surface area contributed by atoms with Gasteiger partial charge in [-0.2, -0.15) is 9.40 Å². The second kappa shape index (κ2) is 8.02. The first-order valence-electron chi connectivity index (χ1n) is 10.9. The number of hydrogen-bond donors (Lipinski definition) is 2. The maximum absolute atomic E-state index is 13.1. The largest absolute Gasteiger partial charge is 0.373 e. The summed E-state index contributed by atoms with van der Waals surface area (Å²) in [7, 11) is -3.61. The number of pyridine rings is 1. The third kappa shape index (κ3) is 4.05. The number of morpholine rings is 1. The lowest BCUT2D eigenvalue weighted by atomic mass is 10.3. The number of aromatic amines is 1. The highest BCUT2D eigenvalue weighted by molar-refractivity contribution is 7.89. The fourth-order valence-corrected chi connectivity index (χ4v) is 5.82. The number of benzene rings is 1. The van der Waals surface area contributed by atoms with Crippen LogP contribution in [0.15, 0.2) is 46.2 Å². The lowest BCUT2D eigenvalue weighted by Crippen LogP contribution is -2.48. The smallest absolute Gasteiger partial charge is 0.261 e. The first-order valence-corrected chi connectivity index (χ1v) is 12.4. The molecule has 3 aromatic rings. The number of fused-ring (bicyclic) bond motifs is 1. The zero-order valence-corrected chi connectivity index (χ0v) is 18.9. The van der Waals surface area contributed by atoms with E-state index in [1.54, 1.807) is 30.5 Å². The Hall–Kier alpha value is -2.69. The van der Waals surface area contributed by atoms with Gasteiger partial charge in [-0.25, -0.2) is 8.42 Å². The Kier molecular flexibility index (Phi) is 5.31. The molecule has 170 valence electrons. The van der Waals surface area contributed by atoms with E-state index >= 15 is 0 Å². The van der Waals surface area contributed by atoms with Gasteiger partial charge in [0.25, 0.3) is 5.56 Å². The molecule has 0 amide bonds. The van der Waals surface area contributed by atoms with Crippen LogP contribution in [0.3, 0.4) is 0 Å². The van der Waals surface area contributed by atoms with Gasteiger partial charge in [-0.1, -0.05) is 0 Å². The Morgan fingerprint density at radius 1 is 1.12 bits per heavy atom. The van der Waals surface area contributed by atoms with Crippen molar-refractivity contribution in [2.75, 3.05) is 18.4 Å². The summed E-state index contributed by atoms with van der Waals surface area (Å²) in [5, 5.41) is 8.33. The Labute approximate surface area is 186 Å². The predicted molar refractivity (Wildman–Crippen MR) is 122 cm³/mol. The zero-order chi connectivity index (χ0) is 22.5. The van der Waals surface area contributed by atoms with Crippen molar-refractivity contribution in [1.29, 1.82) is 0 Å². The van der Waals surface area contributed by atoms with Gasteiger partial charge in [0.1, 0.15) is 5.39 Å². The standard InChI is InChI=1S/C22H27N5O4S/c1-14-11-26(12-15(2)31-14)32(29,30)18-7-5-17(6-8-18)24-21-20-19(9-10-23-22(20)28)27(25-21)13-16-3-4-16/h5-10,14-16H,3-4,11-13H2,1-2H3,(H,23,28)(H,24,25). The summed E-state index contributed by atoms with van der Waals surface area (Å²) in [5.41, 5.74) is 1.24. The lowest BCUT2D eigenvalue weighted by Gasteiger charge is -2.34. The Morgan fingerprint density at radius 2 is 1.81 bits per heavy atom. The molecule has 0 radical (unpaired) electrons. The molecule has 0 bridgehead atoms. The number of anilines is 2. The van der Waals surface area contributed by atoms with E-state index in [1.807, 2.05) is 24.6 Å². The number of nitrogens with zero attached hydrogens (tertiary/aromatic N) is 3. The summed E-state index contributed by atoms with van der Waals surface area (Å²) in [6.45, 7) is 5.20. The van der Waals surface area contributed by atoms with Crippen LogP contribution in [0, 0.1) is 5.92 Å². The number of ether oxygens (including phenoxy) is 1. The molecule has 9 nitrogen and oxygen atoms in total. The van der Waals surface area contributed by atoms with Crippen LogP contribution in [0.1, 0.15) is 26.7 Å². The minimum absolute atomic E-state index is 0.147. The van der Waals surface area contributed by atoms with Gasteiger partial charge in [0.15, 0.2) is 5.82 Å². The predicted octanol–water partition coefficient (Wildman–Crippen LogP) is 2.68. The highest BCUT2D eigenvalue weighted by Crippen LogP contribution is 2.33. The number of hydrogen-bond acceptors (Lipinski definition) is 6. The van der Waals surface area contributed by atoms with Gasteiger partial charge in [-0.15, -0.1) is 0 Å². The number of H-pyrrole nitrogens is 1. The van der Waals surface area contributed by atoms with E-state index in [4.69, 9.17) is 4.74 Å². The summed E-state index contributed by atoms with van der Waals surface area (Å²) in [6, 6.07) is 8.41. The zero-order valence-electron chi connectivity index (χ0n) is 18.1. The number of nitrogens with one attached hydrogen (secondary N) is 2. The molecule has 1 saturated carbocycles. The van der Waals surface area contributed by atoms with Crippen molar-refractivity contribution in [3.8, 4) is 0 Å². The molecule has 1 aliphatic carbocycles. The first kappa shape index (κ1) is 21.2. The Morgan fingerprint density at radius 3 is 2.47 bits per heavy atom. The van der Waals surface area contributed by atoms with Crippen molar-refractivity contribution < 1.29 is 13.2 Å². The molecule has 3 heterocycles. The van der Waals surface area contributed by atoms with Gasteiger partial charge in [-0.3, -0.25) is 9.48 Å². The Balaban J connectivity index is 1.41. The maximum atomic E-state index is 13.1. The minimum Gasteiger partial charge on any atom is -0.373 e. The molecule has 2 atom stereocenters. The summed E-state index contributed by atoms with van der Waals surface area (Å²) in [4.78, 5) is 15.4. The van der Waals surface area contributed by atoms with E-state index in [2.05, 4.69) is 15.4 Å². The van der Waals surface area contributed by atoms with Gasteiger partial charge in [0.2, 0.25) is 10.0 Å². The van der Waals surface area contributed by atoms with Crippen molar-refractivity contribution >= 4 is 32.4 Å². The SMILES string of the molecule is CC1CN(S(=O)(=O)c2ccc(Nc3nn(CC4CC4)c4cc[nH]c(=O)c34)cc2)CC(C)O1. The molecule has 10 heteroatoms. The second-order valence-electron chi connectivity index (χ2n) is 8.77. The molecular weight excluding hydrogens is 430 g/mol. The monoisotopic (exact) mass is 457 g/mol. The van der Waals surface area contributed by atoms with Crippen LogP contribution < -0.4 is 10.9 Å². The molecule has 5 rings (SSSR count). The average Bonchev–Trinajstić information content (AvgIpc) is 3.49. The summed E-state index contributed by atoms with van der Waals surface area (Å²) >= 11 is 0. The van der Waals surface area contributed by atoms with Crippen molar-refractivity contribution in [2.24, 2.45) is 5.92 Å². The summed E-state index contributed by atoms with van der Waals surface area (Å²) in [5.74, 6) is 1.08. The molecule has 2 aliphatic rings. The average molecular weight is 458 g/mol. The highest BCUT2D eigenvalue weighted by Gasteiger charge is 2.32. The first-order chi connectivity index (χ1) is 15.3. The Bertz CT molecular complexity index is 1280. The normalized spacial score (nSPS) is 22.3. The van der Waals surface area contributed by atoms with E-state index in [9.17, 15) is 13.2 Å². The molecule has 0 spiro atoms. The van der Waals surface area contributed by atoms with Gasteiger partial charge >= 0.3 is 0 Å². The maximum Gasteiger partial charge on any atom is 0.261 e. The highest BCUT2D eigenvalue weighted by atomic mass is 32.2. The topological polar surface area (TPSA) is 109 Å². The van der Waals surface area contributed by atoms with Crippen molar-refractivity contribution in [1.82, 2.24) is 19.1 Å². The summed E-state index contributed by atoms with van der Waals surface area (Å²) in [6.07, 6.45) is 3.71. The van der Waals surface area contributed by atoms with E-state index < -0.39 is 10.0 Å². The van der Waals surface area contributed by atoms with E-state index in [-0.39, 0.29) is 22.7 Å². The van der Waals surface area contributed by atoms with Crippen LogP contribution in [0.4, 0.5) is 11.5 Å². The van der Waals surface area contributed by atoms with Crippen molar-refractivity contribution in [3.05, 3.63) is 46.9 Å². The molecule has 2 fully saturated rings. The quantitative estimate of drug-likeness (QED) is 0.589. The second-order valence-corrected chi connectivity index (χ2v) is 10.7. The van der Waals surface area contributed by atoms with Crippen LogP contribution in [-0.2, 0) is 21.3 Å². The molecule has 1 aliphatic heterocycles. The fraction of sp³-hybridized carbons (Fsp3) is 0.455. The van der Waals surface area contributed by atoms with Crippen molar-refractivity contribution in [2.45, 2.75) is 50.3 Å². The molecule has 32 heavy (non-hydrogen) atoms.